The maximum Gasteiger partial charge on any atom is 0.363 e. The molecule has 156 valence electrons. The second-order valence-corrected chi connectivity index (χ2v) is 6.97. The van der Waals surface area contributed by atoms with Crippen LogP contribution in [0.5, 0.6) is 5.75 Å². The average Bonchev–Trinajstić information content (AvgIpc) is 3.11. The minimum absolute atomic E-state index is 0.0152. The summed E-state index contributed by atoms with van der Waals surface area (Å²) in [5.41, 5.74) is 1.43. The van der Waals surface area contributed by atoms with Crippen molar-refractivity contribution in [3.8, 4) is 5.75 Å². The highest BCUT2D eigenvalue weighted by Gasteiger charge is 2.24. The maximum absolute atomic E-state index is 12.1. The number of nitrogens with zero attached hydrogens (tertiary/aromatic N) is 2. The lowest BCUT2D eigenvalue weighted by Crippen LogP contribution is -2.05. The Balaban J connectivity index is 1.60. The van der Waals surface area contributed by atoms with Gasteiger partial charge in [-0.25, -0.2) is 9.79 Å². The highest BCUT2D eigenvalue weighted by Crippen LogP contribution is 2.22. The van der Waals surface area contributed by atoms with Crippen molar-refractivity contribution in [1.29, 1.82) is 0 Å². The van der Waals surface area contributed by atoms with E-state index in [4.69, 9.17) is 9.47 Å². The molecule has 0 unspecified atom stereocenters. The third kappa shape index (κ3) is 5.76. The van der Waals surface area contributed by atoms with Crippen LogP contribution in [-0.4, -0.2) is 23.4 Å². The highest BCUT2D eigenvalue weighted by molar-refractivity contribution is 6.12. The van der Waals surface area contributed by atoms with E-state index in [-0.39, 0.29) is 17.3 Å². The smallest absolute Gasteiger partial charge is 0.363 e. The van der Waals surface area contributed by atoms with Gasteiger partial charge in [0.2, 0.25) is 5.90 Å². The molecular formula is C23H24N2O5. The zero-order valence-corrected chi connectivity index (χ0v) is 16.9. The molecule has 0 N–H and O–H groups in total. The molecule has 7 nitrogen and oxygen atoms in total. The molecule has 0 aliphatic carbocycles. The molecule has 0 amide bonds. The average molecular weight is 408 g/mol. The fourth-order valence-corrected chi connectivity index (χ4v) is 2.97. The molecule has 3 rings (SSSR count). The molecule has 0 atom stereocenters. The summed E-state index contributed by atoms with van der Waals surface area (Å²) in [5.74, 6) is 0.427. The van der Waals surface area contributed by atoms with Gasteiger partial charge < -0.3 is 9.47 Å². The highest BCUT2D eigenvalue weighted by atomic mass is 16.6. The summed E-state index contributed by atoms with van der Waals surface area (Å²) in [6, 6.07) is 13.1. The summed E-state index contributed by atoms with van der Waals surface area (Å²) >= 11 is 0. The molecule has 0 saturated carbocycles. The number of carbonyl (C=O) groups excluding carboxylic acids is 1. The topological polar surface area (TPSA) is 91.0 Å². The maximum atomic E-state index is 12.1. The number of hydrogen-bond acceptors (Lipinski definition) is 6. The summed E-state index contributed by atoms with van der Waals surface area (Å²) < 4.78 is 11.0. The fraction of sp³-hybridized carbons (Fsp3) is 0.304. The number of nitro groups is 1. The van der Waals surface area contributed by atoms with Gasteiger partial charge in [0.05, 0.1) is 11.5 Å². The Morgan fingerprint density at radius 2 is 1.73 bits per heavy atom. The van der Waals surface area contributed by atoms with E-state index >= 15 is 0 Å². The number of benzene rings is 2. The Bertz CT molecular complexity index is 947. The van der Waals surface area contributed by atoms with Gasteiger partial charge in [0.15, 0.2) is 5.70 Å². The predicted octanol–water partition coefficient (Wildman–Crippen LogP) is 5.29. The number of cyclic esters (lactones) is 1. The lowest BCUT2D eigenvalue weighted by molar-refractivity contribution is -0.384. The molecule has 1 aliphatic heterocycles. The molecule has 0 fully saturated rings. The lowest BCUT2D eigenvalue weighted by Gasteiger charge is -2.07. The van der Waals surface area contributed by atoms with Crippen molar-refractivity contribution in [1.82, 2.24) is 0 Å². The van der Waals surface area contributed by atoms with Crippen molar-refractivity contribution < 1.29 is 19.2 Å². The predicted molar refractivity (Wildman–Crippen MR) is 114 cm³/mol. The van der Waals surface area contributed by atoms with Crippen molar-refractivity contribution >= 4 is 23.6 Å². The molecule has 0 bridgehead atoms. The van der Waals surface area contributed by atoms with E-state index in [1.165, 1.54) is 43.9 Å². The van der Waals surface area contributed by atoms with E-state index < -0.39 is 10.9 Å². The molecule has 0 aromatic heterocycles. The first kappa shape index (κ1) is 21.2. The molecule has 2 aromatic rings. The van der Waals surface area contributed by atoms with E-state index in [0.29, 0.717) is 17.7 Å². The van der Waals surface area contributed by atoms with Crippen LogP contribution < -0.4 is 4.74 Å². The summed E-state index contributed by atoms with van der Waals surface area (Å²) in [5, 5.41) is 10.7. The van der Waals surface area contributed by atoms with Crippen molar-refractivity contribution in [3.05, 3.63) is 75.5 Å². The number of nitro benzene ring substituents is 1. The molecule has 1 heterocycles. The van der Waals surface area contributed by atoms with E-state index in [1.54, 1.807) is 24.3 Å². The minimum Gasteiger partial charge on any atom is -0.494 e. The summed E-state index contributed by atoms with van der Waals surface area (Å²) in [6.07, 6.45) is 7.46. The molecule has 30 heavy (non-hydrogen) atoms. The first-order chi connectivity index (χ1) is 14.6. The van der Waals surface area contributed by atoms with Crippen LogP contribution in [0, 0.1) is 10.1 Å². The van der Waals surface area contributed by atoms with Crippen LogP contribution in [0.25, 0.3) is 6.08 Å². The van der Waals surface area contributed by atoms with Crippen molar-refractivity contribution in [2.24, 2.45) is 4.99 Å². The summed E-state index contributed by atoms with van der Waals surface area (Å²) in [4.78, 5) is 26.6. The second kappa shape index (κ2) is 10.3. The molecule has 0 saturated heterocycles. The van der Waals surface area contributed by atoms with Crippen LogP contribution in [0.4, 0.5) is 5.69 Å². The van der Waals surface area contributed by atoms with E-state index in [9.17, 15) is 14.9 Å². The van der Waals surface area contributed by atoms with Crippen molar-refractivity contribution in [2.45, 2.75) is 39.0 Å². The number of ether oxygens (including phenoxy) is 2. The first-order valence-electron chi connectivity index (χ1n) is 10.1. The molecular weight excluding hydrogens is 384 g/mol. The molecule has 0 spiro atoms. The van der Waals surface area contributed by atoms with Gasteiger partial charge in [-0.15, -0.1) is 0 Å². The number of carbonyl (C=O) groups is 1. The first-order valence-corrected chi connectivity index (χ1v) is 10.1. The van der Waals surface area contributed by atoms with Crippen LogP contribution in [0.15, 0.2) is 59.2 Å². The van der Waals surface area contributed by atoms with Crippen LogP contribution >= 0.6 is 0 Å². The van der Waals surface area contributed by atoms with Crippen molar-refractivity contribution in [2.75, 3.05) is 6.61 Å². The standard InChI is InChI=1S/C23H24N2O5/c1-2-3-4-5-6-15-29-20-13-9-18(10-14-20)22-24-21(23(26)30-22)16-17-7-11-19(12-8-17)25(27)28/h7-14,16H,2-6,15H2,1H3. The quantitative estimate of drug-likeness (QED) is 0.175. The van der Waals surface area contributed by atoms with E-state index in [1.807, 2.05) is 12.1 Å². The van der Waals surface area contributed by atoms with Crippen LogP contribution in [0.2, 0.25) is 0 Å². The lowest BCUT2D eigenvalue weighted by atomic mass is 10.2. The molecule has 2 aromatic carbocycles. The fourth-order valence-electron chi connectivity index (χ4n) is 2.97. The van der Waals surface area contributed by atoms with Gasteiger partial charge in [0.25, 0.3) is 5.69 Å². The van der Waals surface area contributed by atoms with Gasteiger partial charge in [0, 0.05) is 17.7 Å². The number of aliphatic imine (C=N–C) groups is 1. The van der Waals surface area contributed by atoms with Crippen molar-refractivity contribution in [3.63, 3.8) is 0 Å². The Morgan fingerprint density at radius 1 is 1.03 bits per heavy atom. The SMILES string of the molecule is CCCCCCCOc1ccc(C2=NC(=Cc3ccc([N+](=O)[O-])cc3)C(=O)O2)cc1. The third-order valence-electron chi connectivity index (χ3n) is 4.65. The molecule has 1 aliphatic rings. The van der Waals surface area contributed by atoms with E-state index in [2.05, 4.69) is 11.9 Å². The van der Waals surface area contributed by atoms with Gasteiger partial charge in [-0.05, 0) is 54.5 Å². The van der Waals surface area contributed by atoms with Gasteiger partial charge in [-0.3, -0.25) is 10.1 Å². The largest absolute Gasteiger partial charge is 0.494 e. The second-order valence-electron chi connectivity index (χ2n) is 6.97. The summed E-state index contributed by atoms with van der Waals surface area (Å²) in [6.45, 7) is 2.87. The Labute approximate surface area is 175 Å². The Kier molecular flexibility index (Phi) is 7.32. The zero-order chi connectivity index (χ0) is 21.3. The number of rotatable bonds is 10. The minimum atomic E-state index is -0.559. The van der Waals surface area contributed by atoms with Gasteiger partial charge in [-0.1, -0.05) is 32.6 Å². The van der Waals surface area contributed by atoms with E-state index in [0.717, 1.165) is 12.2 Å². The van der Waals surface area contributed by atoms with Crippen LogP contribution in [0.3, 0.4) is 0 Å². The van der Waals surface area contributed by atoms with Gasteiger partial charge in [0.1, 0.15) is 5.75 Å². The zero-order valence-electron chi connectivity index (χ0n) is 16.9. The van der Waals surface area contributed by atoms with Gasteiger partial charge >= 0.3 is 5.97 Å². The number of non-ortho nitro benzene ring substituents is 1. The monoisotopic (exact) mass is 408 g/mol. The number of hydrogen-bond donors (Lipinski definition) is 0. The van der Waals surface area contributed by atoms with Crippen LogP contribution in [-0.2, 0) is 9.53 Å². The third-order valence-corrected chi connectivity index (χ3v) is 4.65. The summed E-state index contributed by atoms with van der Waals surface area (Å²) in [7, 11) is 0. The molecule has 7 heteroatoms. The van der Waals surface area contributed by atoms with Gasteiger partial charge in [-0.2, -0.15) is 0 Å². The number of esters is 1. The Hall–Kier alpha value is -3.48. The molecule has 0 radical (unpaired) electrons. The van der Waals surface area contributed by atoms with Crippen LogP contribution in [0.1, 0.15) is 50.2 Å². The normalized spacial score (nSPS) is 14.5. The number of unbranched alkanes of at least 4 members (excludes halogenated alkanes) is 4. The Morgan fingerprint density at radius 3 is 2.40 bits per heavy atom.